The summed E-state index contributed by atoms with van der Waals surface area (Å²) in [6.45, 7) is -0.459. The number of carbonyl (C=O) groups excluding carboxylic acids is 1. The number of hydrazone groups is 1. The molecule has 0 aliphatic rings. The highest BCUT2D eigenvalue weighted by Crippen LogP contribution is 2.27. The molecule has 0 spiro atoms. The molecule has 11 heteroatoms. The van der Waals surface area contributed by atoms with E-state index in [1.54, 1.807) is 0 Å². The van der Waals surface area contributed by atoms with E-state index in [2.05, 4.69) is 10.5 Å². The highest BCUT2D eigenvalue weighted by molar-refractivity contribution is 5.87. The molecule has 0 heterocycles. The molecule has 0 fully saturated rings. The fourth-order valence-corrected chi connectivity index (χ4v) is 1.84. The summed E-state index contributed by atoms with van der Waals surface area (Å²) < 4.78 is 5.11. The number of nitrogens with one attached hydrogen (secondary N) is 1. The van der Waals surface area contributed by atoms with Crippen LogP contribution in [0, 0.1) is 20.2 Å². The van der Waals surface area contributed by atoms with Crippen LogP contribution in [0.3, 0.4) is 0 Å². The summed E-state index contributed by atoms with van der Waals surface area (Å²) in [5.74, 6) is -1.12. The number of ether oxygens (including phenoxy) is 1. The molecule has 0 saturated carbocycles. The Labute approximate surface area is 145 Å². The molecule has 2 N–H and O–H groups in total. The number of aromatic hydroxyl groups is 1. The van der Waals surface area contributed by atoms with Gasteiger partial charge in [0.05, 0.1) is 22.1 Å². The number of nitro groups is 2. The number of rotatable bonds is 7. The van der Waals surface area contributed by atoms with Crippen molar-refractivity contribution in [2.45, 2.75) is 0 Å². The number of nitrogens with zero attached hydrogens (tertiary/aromatic N) is 3. The average molecular weight is 360 g/mol. The first-order valence-corrected chi connectivity index (χ1v) is 7.04. The van der Waals surface area contributed by atoms with E-state index >= 15 is 0 Å². The first-order valence-electron chi connectivity index (χ1n) is 7.04. The first-order chi connectivity index (χ1) is 12.4. The standard InChI is InChI=1S/C15H12N4O7/c20-14(9-26-12-5-2-4-11(7-12)18(22)23)17-16-8-10-3-1-6-13(15(10)21)19(24)25/h1-8,21H,9H2,(H,17,20). The number of phenols is 1. The van der Waals surface area contributed by atoms with Gasteiger partial charge in [-0.25, -0.2) is 5.43 Å². The molecule has 0 aromatic heterocycles. The second-order valence-electron chi connectivity index (χ2n) is 4.81. The summed E-state index contributed by atoms with van der Waals surface area (Å²) in [6.07, 6.45) is 1.04. The van der Waals surface area contributed by atoms with E-state index in [0.717, 1.165) is 18.3 Å². The lowest BCUT2D eigenvalue weighted by Gasteiger charge is -2.04. The summed E-state index contributed by atoms with van der Waals surface area (Å²) >= 11 is 0. The van der Waals surface area contributed by atoms with Crippen LogP contribution >= 0.6 is 0 Å². The predicted molar refractivity (Wildman–Crippen MR) is 89.1 cm³/mol. The number of carbonyl (C=O) groups is 1. The lowest BCUT2D eigenvalue weighted by atomic mass is 10.2. The average Bonchev–Trinajstić information content (AvgIpc) is 2.61. The van der Waals surface area contributed by atoms with Crippen LogP contribution in [0.2, 0.25) is 0 Å². The maximum absolute atomic E-state index is 11.6. The van der Waals surface area contributed by atoms with Gasteiger partial charge in [0.25, 0.3) is 11.6 Å². The predicted octanol–water partition coefficient (Wildman–Crippen LogP) is 1.74. The Balaban J connectivity index is 1.92. The lowest BCUT2D eigenvalue weighted by Crippen LogP contribution is -2.24. The lowest BCUT2D eigenvalue weighted by molar-refractivity contribution is -0.385. The van der Waals surface area contributed by atoms with Crippen molar-refractivity contribution in [1.82, 2.24) is 5.43 Å². The maximum atomic E-state index is 11.6. The van der Waals surface area contributed by atoms with E-state index < -0.39 is 33.8 Å². The zero-order valence-electron chi connectivity index (χ0n) is 13.1. The number of hydrogen-bond donors (Lipinski definition) is 2. The highest BCUT2D eigenvalue weighted by Gasteiger charge is 2.15. The Morgan fingerprint density at radius 2 is 1.92 bits per heavy atom. The molecule has 0 radical (unpaired) electrons. The van der Waals surface area contributed by atoms with Gasteiger partial charge < -0.3 is 9.84 Å². The Hall–Kier alpha value is -4.02. The molecule has 2 aromatic carbocycles. The van der Waals surface area contributed by atoms with E-state index in [-0.39, 0.29) is 17.0 Å². The number of phenolic OH excluding ortho intramolecular Hbond substituents is 1. The summed E-state index contributed by atoms with van der Waals surface area (Å²) in [4.78, 5) is 31.6. The molecule has 134 valence electrons. The molecule has 0 aliphatic heterocycles. The number of nitro benzene ring substituents is 2. The quantitative estimate of drug-likeness (QED) is 0.432. The number of benzene rings is 2. The fourth-order valence-electron chi connectivity index (χ4n) is 1.84. The molecule has 11 nitrogen and oxygen atoms in total. The number of amides is 1. The van der Waals surface area contributed by atoms with Crippen molar-refractivity contribution in [2.24, 2.45) is 5.10 Å². The van der Waals surface area contributed by atoms with Gasteiger partial charge >= 0.3 is 5.69 Å². The van der Waals surface area contributed by atoms with Crippen LogP contribution in [-0.2, 0) is 4.79 Å². The van der Waals surface area contributed by atoms with Crippen LogP contribution in [-0.4, -0.2) is 33.7 Å². The van der Waals surface area contributed by atoms with E-state index in [1.165, 1.54) is 30.3 Å². The zero-order chi connectivity index (χ0) is 19.1. The zero-order valence-corrected chi connectivity index (χ0v) is 13.1. The molecular formula is C15H12N4O7. The Bertz CT molecular complexity index is 882. The summed E-state index contributed by atoms with van der Waals surface area (Å²) in [7, 11) is 0. The molecule has 0 saturated heterocycles. The second-order valence-corrected chi connectivity index (χ2v) is 4.81. The third kappa shape index (κ3) is 4.74. The smallest absolute Gasteiger partial charge is 0.311 e. The van der Waals surface area contributed by atoms with Gasteiger partial charge in [0.2, 0.25) is 5.75 Å². The Kier molecular flexibility index (Phi) is 5.77. The van der Waals surface area contributed by atoms with Gasteiger partial charge in [0.1, 0.15) is 5.75 Å². The first kappa shape index (κ1) is 18.3. The van der Waals surface area contributed by atoms with E-state index in [1.807, 2.05) is 0 Å². The van der Waals surface area contributed by atoms with Crippen molar-refractivity contribution in [3.63, 3.8) is 0 Å². The maximum Gasteiger partial charge on any atom is 0.311 e. The van der Waals surface area contributed by atoms with Crippen molar-refractivity contribution < 1.29 is 24.5 Å². The molecule has 0 atom stereocenters. The number of para-hydroxylation sites is 1. The molecule has 0 aliphatic carbocycles. The molecule has 0 bridgehead atoms. The van der Waals surface area contributed by atoms with E-state index in [4.69, 9.17) is 4.74 Å². The SMILES string of the molecule is O=C(COc1cccc([N+](=O)[O-])c1)NN=Cc1cccc([N+](=O)[O-])c1O. The summed E-state index contributed by atoms with van der Waals surface area (Å²) in [6, 6.07) is 9.15. The fraction of sp³-hybridized carbons (Fsp3) is 0.0667. The minimum atomic E-state index is -0.752. The van der Waals surface area contributed by atoms with Gasteiger partial charge in [-0.15, -0.1) is 0 Å². The Morgan fingerprint density at radius 3 is 2.62 bits per heavy atom. The van der Waals surface area contributed by atoms with Crippen LogP contribution in [0.4, 0.5) is 11.4 Å². The molecule has 2 rings (SSSR count). The van der Waals surface area contributed by atoms with Crippen molar-refractivity contribution >= 4 is 23.5 Å². The molecule has 26 heavy (non-hydrogen) atoms. The van der Waals surface area contributed by atoms with Crippen molar-refractivity contribution in [2.75, 3.05) is 6.61 Å². The third-order valence-corrected chi connectivity index (χ3v) is 3.03. The molecule has 1 amide bonds. The van der Waals surface area contributed by atoms with Gasteiger partial charge in [-0.1, -0.05) is 12.1 Å². The van der Waals surface area contributed by atoms with E-state index in [9.17, 15) is 30.1 Å². The third-order valence-electron chi connectivity index (χ3n) is 3.03. The molecule has 0 unspecified atom stereocenters. The normalized spacial score (nSPS) is 10.5. The van der Waals surface area contributed by atoms with Crippen LogP contribution in [0.25, 0.3) is 0 Å². The van der Waals surface area contributed by atoms with Crippen molar-refractivity contribution in [1.29, 1.82) is 0 Å². The summed E-state index contributed by atoms with van der Waals surface area (Å²) in [5, 5.41) is 34.7. The van der Waals surface area contributed by atoms with Crippen molar-refractivity contribution in [3.8, 4) is 11.5 Å². The molecular weight excluding hydrogens is 348 g/mol. The van der Waals surface area contributed by atoms with E-state index in [0.29, 0.717) is 0 Å². The van der Waals surface area contributed by atoms with Gasteiger partial charge in [0.15, 0.2) is 6.61 Å². The van der Waals surface area contributed by atoms with Crippen LogP contribution in [0.5, 0.6) is 11.5 Å². The Morgan fingerprint density at radius 1 is 1.19 bits per heavy atom. The van der Waals surface area contributed by atoms with Gasteiger partial charge in [-0.3, -0.25) is 25.0 Å². The minimum Gasteiger partial charge on any atom is -0.502 e. The van der Waals surface area contributed by atoms with Crippen LogP contribution < -0.4 is 10.2 Å². The number of non-ortho nitro benzene ring substituents is 1. The minimum absolute atomic E-state index is 0.0408. The van der Waals surface area contributed by atoms with Crippen LogP contribution in [0.1, 0.15) is 5.56 Å². The number of hydrogen-bond acceptors (Lipinski definition) is 8. The monoisotopic (exact) mass is 360 g/mol. The molecule has 2 aromatic rings. The van der Waals surface area contributed by atoms with Gasteiger partial charge in [-0.05, 0) is 12.1 Å². The van der Waals surface area contributed by atoms with Crippen LogP contribution in [0.15, 0.2) is 47.6 Å². The van der Waals surface area contributed by atoms with Gasteiger partial charge in [-0.2, -0.15) is 5.10 Å². The summed E-state index contributed by atoms with van der Waals surface area (Å²) in [5.41, 5.74) is 1.48. The highest BCUT2D eigenvalue weighted by atomic mass is 16.6. The van der Waals surface area contributed by atoms with Crippen molar-refractivity contribution in [3.05, 3.63) is 68.3 Å². The largest absolute Gasteiger partial charge is 0.502 e. The second kappa shape index (κ2) is 8.19. The van der Waals surface area contributed by atoms with Gasteiger partial charge in [0, 0.05) is 17.7 Å². The topological polar surface area (TPSA) is 157 Å².